The molecule has 2 unspecified atom stereocenters. The van der Waals surface area contributed by atoms with Gasteiger partial charge in [0, 0.05) is 16.1 Å². The zero-order chi connectivity index (χ0) is 31.9. The first-order valence-electron chi connectivity index (χ1n) is 15.7. The van der Waals surface area contributed by atoms with Crippen LogP contribution >= 0.6 is 11.8 Å². The van der Waals surface area contributed by atoms with Crippen LogP contribution in [0, 0.1) is 25.7 Å². The van der Waals surface area contributed by atoms with Crippen LogP contribution < -0.4 is 15.4 Å². The molecule has 8 nitrogen and oxygen atoms in total. The summed E-state index contributed by atoms with van der Waals surface area (Å²) in [5.74, 6) is -1.39. The zero-order valence-corrected chi connectivity index (χ0v) is 27.0. The number of aliphatic hydroxyl groups excluding tert-OH is 1. The van der Waals surface area contributed by atoms with Gasteiger partial charge >= 0.3 is 0 Å². The normalized spacial score (nSPS) is 27.3. The number of likely N-dealkylation sites (tertiary alicyclic amines) is 1. The van der Waals surface area contributed by atoms with E-state index in [1.54, 1.807) is 28.8 Å². The monoisotopic (exact) mass is 627 g/mol. The van der Waals surface area contributed by atoms with E-state index in [1.165, 1.54) is 0 Å². The number of aliphatic hydroxyl groups is 1. The second kappa shape index (κ2) is 12.2. The van der Waals surface area contributed by atoms with Crippen LogP contribution in [-0.4, -0.2) is 62.5 Å². The van der Waals surface area contributed by atoms with E-state index in [9.17, 15) is 19.5 Å². The number of nitrogens with zero attached hydrogens (tertiary/aromatic N) is 1. The SMILES string of the molecule is CCOc1ccc(NC(=O)[C@@H]2[C@H]3C(=O)N([C@@H](CO)Cc4ccccc4)C(C(=O)Nc4c(C)cccc4C)C34CC[C@@]2(C)S4)cc1. The summed E-state index contributed by atoms with van der Waals surface area (Å²) in [6.45, 7) is 8.11. The Morgan fingerprint density at radius 2 is 1.67 bits per heavy atom. The Kier molecular flexibility index (Phi) is 8.43. The van der Waals surface area contributed by atoms with Gasteiger partial charge in [0.1, 0.15) is 11.8 Å². The number of ether oxygens (including phenoxy) is 1. The second-order valence-electron chi connectivity index (χ2n) is 12.7. The summed E-state index contributed by atoms with van der Waals surface area (Å²) >= 11 is 1.62. The molecule has 3 N–H and O–H groups in total. The molecule has 2 bridgehead atoms. The Bertz CT molecular complexity index is 1580. The first-order chi connectivity index (χ1) is 21.6. The molecule has 6 atom stereocenters. The van der Waals surface area contributed by atoms with Crippen LogP contribution in [0.4, 0.5) is 11.4 Å². The molecular formula is C36H41N3O5S. The van der Waals surface area contributed by atoms with Crippen molar-refractivity contribution in [1.82, 2.24) is 4.90 Å². The number of fused-ring (bicyclic) bond motifs is 1. The third-order valence-corrected chi connectivity index (χ3v) is 11.8. The van der Waals surface area contributed by atoms with E-state index in [1.807, 2.05) is 81.4 Å². The summed E-state index contributed by atoms with van der Waals surface area (Å²) in [6, 6.07) is 21.3. The van der Waals surface area contributed by atoms with Crippen LogP contribution in [0.3, 0.4) is 0 Å². The van der Waals surface area contributed by atoms with Crippen molar-refractivity contribution in [1.29, 1.82) is 0 Å². The maximum Gasteiger partial charge on any atom is 0.248 e. The molecule has 1 spiro atoms. The maximum absolute atomic E-state index is 14.7. The molecule has 3 saturated heterocycles. The average Bonchev–Trinajstić information content (AvgIpc) is 3.60. The number of hydrogen-bond donors (Lipinski definition) is 3. The van der Waals surface area contributed by atoms with Crippen LogP contribution in [0.15, 0.2) is 72.8 Å². The standard InChI is InChI=1S/C36H41N3O5S/c1-5-44-27-16-14-25(15-17-27)37-32(41)28-29-34(43)39(26(21-40)20-24-12-7-6-8-13-24)31(36(29)19-18-35(28,4)45-36)33(42)38-30-22(2)10-9-11-23(30)3/h6-17,26,28-29,31,40H,5,18-21H2,1-4H3,(H,37,41)(H,38,42)/t26-,28+,29+,31?,35-,36?/m1/s1. The molecule has 3 heterocycles. The Balaban J connectivity index is 1.38. The number of benzene rings is 3. The minimum atomic E-state index is -0.857. The number of thioether (sulfide) groups is 1. The molecule has 0 aromatic heterocycles. The van der Waals surface area contributed by atoms with Crippen molar-refractivity contribution in [3.63, 3.8) is 0 Å². The highest BCUT2D eigenvalue weighted by molar-refractivity contribution is 8.02. The predicted molar refractivity (Wildman–Crippen MR) is 177 cm³/mol. The van der Waals surface area contributed by atoms with Crippen molar-refractivity contribution < 1.29 is 24.2 Å². The highest BCUT2D eigenvalue weighted by Crippen LogP contribution is 2.71. The minimum absolute atomic E-state index is 0.228. The number of anilines is 2. The molecule has 0 saturated carbocycles. The van der Waals surface area contributed by atoms with Crippen molar-refractivity contribution in [2.75, 3.05) is 23.8 Å². The summed E-state index contributed by atoms with van der Waals surface area (Å²) in [7, 11) is 0. The van der Waals surface area contributed by atoms with Gasteiger partial charge in [-0.05, 0) is 87.9 Å². The van der Waals surface area contributed by atoms with Crippen molar-refractivity contribution in [2.45, 2.75) is 68.5 Å². The number of carbonyl (C=O) groups is 3. The van der Waals surface area contributed by atoms with E-state index >= 15 is 0 Å². The fourth-order valence-electron chi connectivity index (χ4n) is 7.82. The van der Waals surface area contributed by atoms with Gasteiger partial charge in [0.15, 0.2) is 0 Å². The summed E-state index contributed by atoms with van der Waals surface area (Å²) in [6.07, 6.45) is 1.72. The molecule has 3 fully saturated rings. The van der Waals surface area contributed by atoms with Gasteiger partial charge < -0.3 is 25.4 Å². The molecule has 6 rings (SSSR count). The van der Waals surface area contributed by atoms with Gasteiger partial charge in [0.25, 0.3) is 0 Å². The summed E-state index contributed by atoms with van der Waals surface area (Å²) in [5.41, 5.74) is 4.17. The van der Waals surface area contributed by atoms with E-state index in [2.05, 4.69) is 17.6 Å². The molecule has 45 heavy (non-hydrogen) atoms. The van der Waals surface area contributed by atoms with Gasteiger partial charge in [0.05, 0.1) is 35.8 Å². The number of para-hydroxylation sites is 1. The molecule has 3 aliphatic heterocycles. The van der Waals surface area contributed by atoms with E-state index in [0.717, 1.165) is 22.4 Å². The van der Waals surface area contributed by atoms with Gasteiger partial charge in [-0.2, -0.15) is 0 Å². The summed E-state index contributed by atoms with van der Waals surface area (Å²) < 4.78 is 4.22. The number of nitrogens with one attached hydrogen (secondary N) is 2. The largest absolute Gasteiger partial charge is 0.494 e. The van der Waals surface area contributed by atoms with Crippen LogP contribution in [0.2, 0.25) is 0 Å². The lowest BCUT2D eigenvalue weighted by Crippen LogP contribution is -2.55. The van der Waals surface area contributed by atoms with Crippen LogP contribution in [-0.2, 0) is 20.8 Å². The van der Waals surface area contributed by atoms with Crippen LogP contribution in [0.1, 0.15) is 43.4 Å². The number of hydrogen-bond acceptors (Lipinski definition) is 6. The fourth-order valence-corrected chi connectivity index (χ4v) is 10.2. The zero-order valence-electron chi connectivity index (χ0n) is 26.2. The lowest BCUT2D eigenvalue weighted by Gasteiger charge is -2.37. The quantitative estimate of drug-likeness (QED) is 0.279. The molecule has 3 aromatic carbocycles. The van der Waals surface area contributed by atoms with Gasteiger partial charge in [-0.1, -0.05) is 48.5 Å². The third-order valence-electron chi connectivity index (χ3n) is 9.83. The lowest BCUT2D eigenvalue weighted by atomic mass is 9.66. The molecule has 9 heteroatoms. The Morgan fingerprint density at radius 3 is 2.31 bits per heavy atom. The van der Waals surface area contributed by atoms with Gasteiger partial charge in [-0.25, -0.2) is 0 Å². The molecule has 0 aliphatic carbocycles. The van der Waals surface area contributed by atoms with E-state index in [-0.39, 0.29) is 24.3 Å². The summed E-state index contributed by atoms with van der Waals surface area (Å²) in [5, 5.41) is 17.0. The number of carbonyl (C=O) groups excluding carboxylic acids is 3. The minimum Gasteiger partial charge on any atom is -0.494 e. The van der Waals surface area contributed by atoms with Gasteiger partial charge in [0.2, 0.25) is 17.7 Å². The van der Waals surface area contributed by atoms with Crippen molar-refractivity contribution >= 4 is 40.9 Å². The van der Waals surface area contributed by atoms with Crippen molar-refractivity contribution in [3.05, 3.63) is 89.5 Å². The van der Waals surface area contributed by atoms with E-state index < -0.39 is 33.4 Å². The smallest absolute Gasteiger partial charge is 0.248 e. The Labute approximate surface area is 268 Å². The Morgan fingerprint density at radius 1 is 0.978 bits per heavy atom. The lowest BCUT2D eigenvalue weighted by molar-refractivity contribution is -0.141. The van der Waals surface area contributed by atoms with E-state index in [0.29, 0.717) is 37.3 Å². The molecule has 0 radical (unpaired) electrons. The van der Waals surface area contributed by atoms with Crippen molar-refractivity contribution in [3.8, 4) is 5.75 Å². The maximum atomic E-state index is 14.7. The second-order valence-corrected chi connectivity index (χ2v) is 14.6. The molecule has 3 aliphatic rings. The fraction of sp³-hybridized carbons (Fsp3) is 0.417. The average molecular weight is 628 g/mol. The molecule has 236 valence electrons. The molecule has 3 aromatic rings. The molecular weight excluding hydrogens is 586 g/mol. The van der Waals surface area contributed by atoms with Gasteiger partial charge in [-0.15, -0.1) is 11.8 Å². The number of amides is 3. The van der Waals surface area contributed by atoms with Crippen LogP contribution in [0.25, 0.3) is 0 Å². The molecule has 3 amide bonds. The van der Waals surface area contributed by atoms with Crippen LogP contribution in [0.5, 0.6) is 5.75 Å². The third kappa shape index (κ3) is 5.40. The first-order valence-corrected chi connectivity index (χ1v) is 16.5. The number of aryl methyl sites for hydroxylation is 2. The van der Waals surface area contributed by atoms with Gasteiger partial charge in [-0.3, -0.25) is 14.4 Å². The number of rotatable bonds is 10. The topological polar surface area (TPSA) is 108 Å². The van der Waals surface area contributed by atoms with Crippen molar-refractivity contribution in [2.24, 2.45) is 11.8 Å². The summed E-state index contributed by atoms with van der Waals surface area (Å²) in [4.78, 5) is 45.0. The highest BCUT2D eigenvalue weighted by atomic mass is 32.2. The van der Waals surface area contributed by atoms with E-state index in [4.69, 9.17) is 4.74 Å². The predicted octanol–water partition coefficient (Wildman–Crippen LogP) is 5.36. The first kappa shape index (κ1) is 31.2. The Hall–Kier alpha value is -3.82. The highest BCUT2D eigenvalue weighted by Gasteiger charge is 2.77.